The second kappa shape index (κ2) is 10.5. The standard InChI is InChI=1S/C31H42FN5O5/c1-29(2,3)42-28(41)36-10-8-30(9-11-36)18-31(32,19-30)20-34-12-14-35(15-13-34)22-4-5-23-21(16-22)17-37(27(23)40)24-6-7-25(38)33-26(24)39/h4-5,16,24H,6-15,17-20H2,1-3H3,(H,33,38,39)/t24-/m1/s1. The van der Waals surface area contributed by atoms with Crippen LogP contribution in [-0.4, -0.2) is 102 Å². The lowest BCUT2D eigenvalue weighted by Crippen LogP contribution is -2.60. The van der Waals surface area contributed by atoms with Crippen molar-refractivity contribution in [1.82, 2.24) is 20.0 Å². The van der Waals surface area contributed by atoms with E-state index in [1.54, 1.807) is 9.80 Å². The molecule has 4 amide bonds. The molecule has 1 aromatic rings. The van der Waals surface area contributed by atoms with Gasteiger partial charge in [-0.15, -0.1) is 0 Å². The van der Waals surface area contributed by atoms with Crippen molar-refractivity contribution < 1.29 is 28.3 Å². The minimum atomic E-state index is -1.18. The van der Waals surface area contributed by atoms with E-state index in [0.717, 1.165) is 50.3 Å². The van der Waals surface area contributed by atoms with Gasteiger partial charge >= 0.3 is 6.09 Å². The van der Waals surface area contributed by atoms with E-state index in [4.69, 9.17) is 4.74 Å². The van der Waals surface area contributed by atoms with Crippen LogP contribution in [0.1, 0.15) is 75.2 Å². The molecule has 0 unspecified atom stereocenters. The molecule has 228 valence electrons. The summed E-state index contributed by atoms with van der Waals surface area (Å²) in [5.41, 5.74) is 0.837. The molecule has 1 atom stereocenters. The maximum atomic E-state index is 15.8. The predicted octanol–water partition coefficient (Wildman–Crippen LogP) is 3.09. The number of carbonyl (C=O) groups is 4. The number of anilines is 1. The molecule has 4 aliphatic heterocycles. The summed E-state index contributed by atoms with van der Waals surface area (Å²) in [6.45, 7) is 10.7. The summed E-state index contributed by atoms with van der Waals surface area (Å²) in [6, 6.07) is 5.20. The van der Waals surface area contributed by atoms with Crippen LogP contribution in [0.25, 0.3) is 0 Å². The molecule has 6 rings (SSSR count). The Morgan fingerprint density at radius 1 is 1.05 bits per heavy atom. The Labute approximate surface area is 246 Å². The van der Waals surface area contributed by atoms with Gasteiger partial charge in [0, 0.05) is 70.0 Å². The first-order valence-electron chi connectivity index (χ1n) is 15.2. The number of ether oxygens (including phenoxy) is 1. The minimum absolute atomic E-state index is 0.00134. The number of piperidine rings is 2. The fraction of sp³-hybridized carbons (Fsp3) is 0.677. The normalized spacial score (nSPS) is 25.8. The van der Waals surface area contributed by atoms with Crippen molar-refractivity contribution >= 4 is 29.5 Å². The van der Waals surface area contributed by atoms with E-state index in [1.165, 1.54) is 0 Å². The smallest absolute Gasteiger partial charge is 0.410 e. The number of fused-ring (bicyclic) bond motifs is 1. The SMILES string of the molecule is CC(C)(C)OC(=O)N1CCC2(CC1)CC(F)(CN1CCN(c3ccc4c(c3)CN([C@@H]3CCC(=O)NC3=O)C4=O)CC1)C2. The van der Waals surface area contributed by atoms with Crippen molar-refractivity contribution in [3.05, 3.63) is 29.3 Å². The van der Waals surface area contributed by atoms with Crippen LogP contribution >= 0.6 is 0 Å². The molecule has 0 radical (unpaired) electrons. The highest BCUT2D eigenvalue weighted by molar-refractivity contribution is 6.05. The Balaban J connectivity index is 0.976. The van der Waals surface area contributed by atoms with Gasteiger partial charge < -0.3 is 19.4 Å². The van der Waals surface area contributed by atoms with Gasteiger partial charge in [-0.3, -0.25) is 24.6 Å². The molecule has 5 aliphatic rings. The number of carbonyl (C=O) groups excluding carboxylic acids is 4. The molecular formula is C31H42FN5O5. The van der Waals surface area contributed by atoms with E-state index in [2.05, 4.69) is 15.1 Å². The maximum Gasteiger partial charge on any atom is 0.410 e. The van der Waals surface area contributed by atoms with E-state index >= 15 is 4.39 Å². The maximum absolute atomic E-state index is 15.8. The number of imide groups is 1. The molecule has 0 bridgehead atoms. The Bertz CT molecular complexity index is 1270. The van der Waals surface area contributed by atoms with Crippen LogP contribution < -0.4 is 10.2 Å². The molecule has 3 saturated heterocycles. The zero-order valence-electron chi connectivity index (χ0n) is 24.9. The van der Waals surface area contributed by atoms with Crippen LogP contribution in [0.2, 0.25) is 0 Å². The van der Waals surface area contributed by atoms with Crippen LogP contribution in [0.5, 0.6) is 0 Å². The van der Waals surface area contributed by atoms with Gasteiger partial charge in [0.2, 0.25) is 11.8 Å². The predicted molar refractivity (Wildman–Crippen MR) is 154 cm³/mol. The number of rotatable bonds is 4. The highest BCUT2D eigenvalue weighted by atomic mass is 19.1. The van der Waals surface area contributed by atoms with Crippen LogP contribution in [0.3, 0.4) is 0 Å². The van der Waals surface area contributed by atoms with Crippen molar-refractivity contribution in [2.75, 3.05) is 50.7 Å². The summed E-state index contributed by atoms with van der Waals surface area (Å²) in [6.07, 6.45) is 3.08. The van der Waals surface area contributed by atoms with E-state index in [9.17, 15) is 19.2 Å². The molecule has 1 aliphatic carbocycles. The number of alkyl halides is 1. The van der Waals surface area contributed by atoms with Crippen molar-refractivity contribution in [3.63, 3.8) is 0 Å². The van der Waals surface area contributed by atoms with E-state index in [0.29, 0.717) is 51.0 Å². The quantitative estimate of drug-likeness (QED) is 0.544. The molecule has 0 aromatic heterocycles. The van der Waals surface area contributed by atoms with Gasteiger partial charge in [-0.05, 0) is 82.1 Å². The van der Waals surface area contributed by atoms with Crippen molar-refractivity contribution in [1.29, 1.82) is 0 Å². The Morgan fingerprint density at radius 2 is 1.74 bits per heavy atom. The third-order valence-electron chi connectivity index (χ3n) is 9.61. The summed E-state index contributed by atoms with van der Waals surface area (Å²) in [4.78, 5) is 57.1. The molecule has 42 heavy (non-hydrogen) atoms. The number of hydrogen-bond donors (Lipinski definition) is 1. The molecule has 1 N–H and O–H groups in total. The lowest BCUT2D eigenvalue weighted by atomic mass is 9.56. The number of halogens is 1. The minimum Gasteiger partial charge on any atom is -0.444 e. The van der Waals surface area contributed by atoms with Gasteiger partial charge in [-0.2, -0.15) is 0 Å². The Morgan fingerprint density at radius 3 is 2.38 bits per heavy atom. The number of piperazine rings is 1. The summed E-state index contributed by atoms with van der Waals surface area (Å²) in [5.74, 6) is -0.867. The fourth-order valence-electron chi connectivity index (χ4n) is 7.57. The summed E-state index contributed by atoms with van der Waals surface area (Å²) < 4.78 is 21.3. The highest BCUT2D eigenvalue weighted by Gasteiger charge is 2.56. The molecule has 1 aromatic carbocycles. The van der Waals surface area contributed by atoms with Gasteiger partial charge in [0.1, 0.15) is 17.3 Å². The molecule has 1 spiro atoms. The van der Waals surface area contributed by atoms with Crippen LogP contribution in [0.15, 0.2) is 18.2 Å². The third-order valence-corrected chi connectivity index (χ3v) is 9.61. The number of amides is 4. The summed E-state index contributed by atoms with van der Waals surface area (Å²) in [7, 11) is 0. The lowest BCUT2D eigenvalue weighted by Gasteiger charge is -2.56. The largest absolute Gasteiger partial charge is 0.444 e. The van der Waals surface area contributed by atoms with E-state index in [-0.39, 0.29) is 29.7 Å². The number of hydrogen-bond acceptors (Lipinski definition) is 7. The zero-order chi connectivity index (χ0) is 29.9. The zero-order valence-corrected chi connectivity index (χ0v) is 24.9. The second-order valence-electron chi connectivity index (χ2n) is 14.0. The number of likely N-dealkylation sites (tertiary alicyclic amines) is 1. The number of benzene rings is 1. The van der Waals surface area contributed by atoms with Gasteiger partial charge in [0.05, 0.1) is 0 Å². The average Bonchev–Trinajstić information content (AvgIpc) is 3.23. The van der Waals surface area contributed by atoms with E-state index < -0.39 is 23.2 Å². The van der Waals surface area contributed by atoms with Crippen molar-refractivity contribution in [3.8, 4) is 0 Å². The van der Waals surface area contributed by atoms with Gasteiger partial charge in [0.15, 0.2) is 0 Å². The molecular weight excluding hydrogens is 541 g/mol. The summed E-state index contributed by atoms with van der Waals surface area (Å²) >= 11 is 0. The van der Waals surface area contributed by atoms with Gasteiger partial charge in [0.25, 0.3) is 5.91 Å². The molecule has 11 heteroatoms. The Kier molecular flexibility index (Phi) is 7.22. The first-order chi connectivity index (χ1) is 19.8. The van der Waals surface area contributed by atoms with E-state index in [1.807, 2.05) is 39.0 Å². The average molecular weight is 584 g/mol. The second-order valence-corrected chi connectivity index (χ2v) is 14.0. The number of nitrogens with one attached hydrogen (secondary N) is 1. The van der Waals surface area contributed by atoms with Crippen molar-refractivity contribution in [2.24, 2.45) is 5.41 Å². The van der Waals surface area contributed by atoms with Gasteiger partial charge in [-0.25, -0.2) is 9.18 Å². The molecule has 4 heterocycles. The monoisotopic (exact) mass is 583 g/mol. The molecule has 1 saturated carbocycles. The topological polar surface area (TPSA) is 102 Å². The highest BCUT2D eigenvalue weighted by Crippen LogP contribution is 2.57. The Hall–Kier alpha value is -3.21. The van der Waals surface area contributed by atoms with Crippen LogP contribution in [0, 0.1) is 5.41 Å². The molecule has 10 nitrogen and oxygen atoms in total. The van der Waals surface area contributed by atoms with Gasteiger partial charge in [-0.1, -0.05) is 0 Å². The number of nitrogens with zero attached hydrogens (tertiary/aromatic N) is 4. The van der Waals surface area contributed by atoms with Crippen molar-refractivity contribution in [2.45, 2.75) is 83.2 Å². The lowest BCUT2D eigenvalue weighted by molar-refractivity contribution is -0.136. The fourth-order valence-corrected chi connectivity index (χ4v) is 7.57. The van der Waals surface area contributed by atoms with Crippen LogP contribution in [-0.2, 0) is 20.9 Å². The first kappa shape index (κ1) is 28.9. The first-order valence-corrected chi connectivity index (χ1v) is 15.2. The summed E-state index contributed by atoms with van der Waals surface area (Å²) in [5, 5.41) is 2.34. The third kappa shape index (κ3) is 5.72. The molecule has 4 fully saturated rings. The van der Waals surface area contributed by atoms with Crippen LogP contribution in [0.4, 0.5) is 14.9 Å².